The fourth-order valence-corrected chi connectivity index (χ4v) is 7.62. The van der Waals surface area contributed by atoms with Gasteiger partial charge in [-0.25, -0.2) is 4.58 Å². The highest BCUT2D eigenvalue weighted by Gasteiger charge is 2.24. The second-order valence-corrected chi connectivity index (χ2v) is 14.9. The fourth-order valence-electron chi connectivity index (χ4n) is 7.62. The van der Waals surface area contributed by atoms with Gasteiger partial charge in [-0.2, -0.15) is 0 Å². The van der Waals surface area contributed by atoms with E-state index < -0.39 is 0 Å². The summed E-state index contributed by atoms with van der Waals surface area (Å²) in [5.74, 6) is 0. The third-order valence-electron chi connectivity index (χ3n) is 10.5. The van der Waals surface area contributed by atoms with E-state index in [4.69, 9.17) is 13.3 Å². The molecule has 3 heterocycles. The molecule has 264 valence electrons. The minimum absolute atomic E-state index is 0.833. The molecule has 3 aromatic heterocycles. The molecule has 6 heteroatoms. The molecule has 6 rings (SSSR count). The quantitative estimate of drug-likeness (QED) is 0.0351. The Hall–Kier alpha value is -3.67. The van der Waals surface area contributed by atoms with Crippen molar-refractivity contribution in [3.05, 3.63) is 41.8 Å². The first-order valence-corrected chi connectivity index (χ1v) is 19.4. The van der Waals surface area contributed by atoms with Crippen LogP contribution in [0.3, 0.4) is 0 Å². The summed E-state index contributed by atoms with van der Waals surface area (Å²) in [6.07, 6.45) is 21.2. The molecule has 0 saturated heterocycles. The molecule has 0 aliphatic rings. The summed E-state index contributed by atoms with van der Waals surface area (Å²) in [4.78, 5) is 4.72. The van der Waals surface area contributed by atoms with Crippen LogP contribution in [0.1, 0.15) is 117 Å². The normalized spacial score (nSPS) is 12.1. The number of unbranched alkanes of at least 4 members (excludes halogenated alkanes) is 14. The van der Waals surface area contributed by atoms with Crippen molar-refractivity contribution in [2.75, 3.05) is 51.1 Å². The van der Waals surface area contributed by atoms with Crippen molar-refractivity contribution < 1.29 is 13.3 Å². The molecule has 0 spiro atoms. The monoisotopic (exact) mass is 666 g/mol. The van der Waals surface area contributed by atoms with Crippen molar-refractivity contribution >= 4 is 66.4 Å². The van der Waals surface area contributed by atoms with Gasteiger partial charge in [-0.05, 0) is 12.8 Å². The van der Waals surface area contributed by atoms with Crippen LogP contribution < -0.4 is 19.7 Å². The van der Waals surface area contributed by atoms with Crippen molar-refractivity contribution in [2.24, 2.45) is 0 Å². The van der Waals surface area contributed by atoms with Gasteiger partial charge in [0.1, 0.15) is 47.6 Å². The van der Waals surface area contributed by atoms with E-state index in [-0.39, 0.29) is 0 Å². The summed E-state index contributed by atoms with van der Waals surface area (Å²) < 4.78 is 22.4. The summed E-state index contributed by atoms with van der Waals surface area (Å²) in [5, 5.41) is 5.32. The van der Waals surface area contributed by atoms with Gasteiger partial charge in [0, 0.05) is 68.2 Å². The van der Waals surface area contributed by atoms with E-state index in [1.165, 1.54) is 114 Å². The Kier molecular flexibility index (Phi) is 11.7. The first-order chi connectivity index (χ1) is 23.9. The van der Waals surface area contributed by atoms with Crippen molar-refractivity contribution in [3.8, 4) is 0 Å². The van der Waals surface area contributed by atoms with E-state index in [0.29, 0.717) is 0 Å². The molecule has 0 fully saturated rings. The van der Waals surface area contributed by atoms with Crippen LogP contribution in [0.15, 0.2) is 49.6 Å². The number of anilines is 2. The third kappa shape index (κ3) is 7.89. The SMILES string of the molecule is CCCCCCCCCCN(CCCCCCCCCC)c1cc2oc3cc(N(C)C)cc4oc5cc(=[N+](C)C)cc6oc(c1)c2c(c34)c56. The van der Waals surface area contributed by atoms with Gasteiger partial charge in [0.05, 0.1) is 28.3 Å². The topological polar surface area (TPSA) is 48.9 Å². The molecule has 0 bridgehead atoms. The molecule has 0 amide bonds. The van der Waals surface area contributed by atoms with Gasteiger partial charge in [0.15, 0.2) is 0 Å². The predicted molar refractivity (Wildman–Crippen MR) is 211 cm³/mol. The largest absolute Gasteiger partial charge is 0.456 e. The van der Waals surface area contributed by atoms with E-state index in [1.807, 2.05) is 0 Å². The van der Waals surface area contributed by atoms with Gasteiger partial charge in [0.25, 0.3) is 0 Å². The summed E-state index contributed by atoms with van der Waals surface area (Å²) in [5.41, 5.74) is 7.37. The second-order valence-electron chi connectivity index (χ2n) is 14.9. The zero-order chi connectivity index (χ0) is 34.3. The minimum Gasteiger partial charge on any atom is -0.456 e. The average Bonchev–Trinajstić information content (AvgIpc) is 3.08. The lowest BCUT2D eigenvalue weighted by Crippen LogP contribution is -2.25. The molecular formula is C43H60N3O3+. The van der Waals surface area contributed by atoms with Gasteiger partial charge >= 0.3 is 0 Å². The lowest BCUT2D eigenvalue weighted by Gasteiger charge is -2.26. The Labute approximate surface area is 293 Å². The molecule has 0 unspecified atom stereocenters. The van der Waals surface area contributed by atoms with Gasteiger partial charge in [0.2, 0.25) is 5.36 Å². The van der Waals surface area contributed by atoms with Crippen molar-refractivity contribution in [2.45, 2.75) is 117 Å². The van der Waals surface area contributed by atoms with Crippen LogP contribution in [0.4, 0.5) is 11.4 Å². The van der Waals surface area contributed by atoms with Gasteiger partial charge < -0.3 is 23.1 Å². The number of nitrogens with zero attached hydrogens (tertiary/aromatic N) is 3. The Morgan fingerprint density at radius 3 is 1.16 bits per heavy atom. The maximum absolute atomic E-state index is 6.83. The summed E-state index contributed by atoms with van der Waals surface area (Å²) in [7, 11) is 8.26. The molecule has 0 saturated carbocycles. The molecule has 0 N–H and O–H groups in total. The molecule has 0 atom stereocenters. The van der Waals surface area contributed by atoms with E-state index >= 15 is 0 Å². The van der Waals surface area contributed by atoms with Crippen LogP contribution in [0.25, 0.3) is 55.0 Å². The Morgan fingerprint density at radius 1 is 0.449 bits per heavy atom. The maximum Gasteiger partial charge on any atom is 0.206 e. The lowest BCUT2D eigenvalue weighted by molar-refractivity contribution is 0.555. The predicted octanol–water partition coefficient (Wildman–Crippen LogP) is 11.9. The van der Waals surface area contributed by atoms with Gasteiger partial charge in [-0.15, -0.1) is 0 Å². The van der Waals surface area contributed by atoms with Gasteiger partial charge in [-0.1, -0.05) is 104 Å². The summed E-state index contributed by atoms with van der Waals surface area (Å²) in [6.45, 7) is 6.71. The Bertz CT molecular complexity index is 2000. The molecule has 0 aliphatic carbocycles. The van der Waals surface area contributed by atoms with Gasteiger partial charge in [-0.3, -0.25) is 0 Å². The number of hydrogen-bond donors (Lipinski definition) is 0. The second kappa shape index (κ2) is 16.4. The zero-order valence-corrected chi connectivity index (χ0v) is 31.3. The Morgan fingerprint density at radius 2 is 0.796 bits per heavy atom. The van der Waals surface area contributed by atoms with Crippen LogP contribution in [0.5, 0.6) is 0 Å². The van der Waals surface area contributed by atoms with Crippen LogP contribution in [0.2, 0.25) is 0 Å². The zero-order valence-electron chi connectivity index (χ0n) is 31.3. The molecular weight excluding hydrogens is 606 g/mol. The molecule has 49 heavy (non-hydrogen) atoms. The standard InChI is InChI=1S/C43H60N3O3/c1-7-9-11-13-15-17-19-21-23-46(24-22-20-18-16-14-12-10-8-2)33-29-38-42-39(30-33)49-37-28-32(45(5)6)26-35-41(37)43(42)40-34(47-35)25-31(44(3)4)27-36(40)48-38/h25-30H,7-24H2,1-6H3/q+1. The smallest absolute Gasteiger partial charge is 0.206 e. The van der Waals surface area contributed by atoms with Crippen molar-refractivity contribution in [1.82, 2.24) is 4.58 Å². The molecule has 6 nitrogen and oxygen atoms in total. The number of hydrogen-bond acceptors (Lipinski definition) is 5. The highest BCUT2D eigenvalue weighted by atomic mass is 16.4. The van der Waals surface area contributed by atoms with E-state index in [1.54, 1.807) is 0 Å². The van der Waals surface area contributed by atoms with Crippen molar-refractivity contribution in [1.29, 1.82) is 0 Å². The van der Waals surface area contributed by atoms with Crippen LogP contribution in [-0.2, 0) is 0 Å². The molecule has 6 aromatic rings. The molecule has 0 radical (unpaired) electrons. The fraction of sp³-hybridized carbons (Fsp3) is 0.558. The Balaban J connectivity index is 1.38. The first kappa shape index (κ1) is 35.2. The van der Waals surface area contributed by atoms with Crippen LogP contribution in [0, 0.1) is 0 Å². The van der Waals surface area contributed by atoms with E-state index in [0.717, 1.165) is 73.8 Å². The highest BCUT2D eigenvalue weighted by molar-refractivity contribution is 6.32. The van der Waals surface area contributed by atoms with Crippen molar-refractivity contribution in [3.63, 3.8) is 0 Å². The van der Waals surface area contributed by atoms with E-state index in [2.05, 4.69) is 92.8 Å². The first-order valence-electron chi connectivity index (χ1n) is 19.4. The number of benzene rings is 3. The minimum atomic E-state index is 0.833. The van der Waals surface area contributed by atoms with Crippen LogP contribution in [-0.4, -0.2) is 41.3 Å². The lowest BCUT2D eigenvalue weighted by atomic mass is 9.98. The van der Waals surface area contributed by atoms with Crippen LogP contribution >= 0.6 is 0 Å². The average molecular weight is 667 g/mol. The summed E-state index contributed by atoms with van der Waals surface area (Å²) in [6, 6.07) is 13.1. The molecule has 0 aliphatic heterocycles. The van der Waals surface area contributed by atoms with E-state index in [9.17, 15) is 0 Å². The molecule has 3 aromatic carbocycles. The highest BCUT2D eigenvalue weighted by Crippen LogP contribution is 2.46. The number of rotatable bonds is 20. The third-order valence-corrected chi connectivity index (χ3v) is 10.5. The maximum atomic E-state index is 6.83. The summed E-state index contributed by atoms with van der Waals surface area (Å²) >= 11 is 0.